The Hall–Kier alpha value is -4.20. The number of rotatable bonds is 5. The molecular formula is C26H21F2NO5. The molecule has 1 aliphatic heterocycles. The summed E-state index contributed by atoms with van der Waals surface area (Å²) in [7, 11) is 0. The second kappa shape index (κ2) is 8.97. The van der Waals surface area contributed by atoms with Crippen LogP contribution in [-0.2, 0) is 9.59 Å². The maximum Gasteiger partial charge on any atom is 0.300 e. The van der Waals surface area contributed by atoms with E-state index in [1.165, 1.54) is 36.4 Å². The number of halogens is 2. The molecule has 0 aromatic heterocycles. The normalized spacial score (nSPS) is 17.4. The fourth-order valence-corrected chi connectivity index (χ4v) is 3.87. The number of ether oxygens (including phenoxy) is 1. The quantitative estimate of drug-likeness (QED) is 0.312. The van der Waals surface area contributed by atoms with Crippen molar-refractivity contribution in [2.75, 3.05) is 4.90 Å². The molecule has 1 unspecified atom stereocenters. The van der Waals surface area contributed by atoms with Crippen LogP contribution in [0.1, 0.15) is 31.0 Å². The van der Waals surface area contributed by atoms with Gasteiger partial charge in [-0.2, -0.15) is 0 Å². The molecule has 1 fully saturated rings. The van der Waals surface area contributed by atoms with E-state index in [0.717, 1.165) is 23.1 Å². The van der Waals surface area contributed by atoms with Gasteiger partial charge in [0.15, 0.2) is 0 Å². The third-order valence-corrected chi connectivity index (χ3v) is 5.30. The molecule has 0 aliphatic carbocycles. The Labute approximate surface area is 194 Å². The van der Waals surface area contributed by atoms with E-state index in [9.17, 15) is 28.6 Å². The van der Waals surface area contributed by atoms with Crippen molar-refractivity contribution < 1.29 is 33.3 Å². The van der Waals surface area contributed by atoms with Gasteiger partial charge < -0.3 is 14.9 Å². The van der Waals surface area contributed by atoms with Crippen LogP contribution in [0.2, 0.25) is 0 Å². The minimum Gasteiger partial charge on any atom is -0.508 e. The largest absolute Gasteiger partial charge is 0.508 e. The summed E-state index contributed by atoms with van der Waals surface area (Å²) >= 11 is 0. The average molecular weight is 465 g/mol. The van der Waals surface area contributed by atoms with Crippen LogP contribution < -0.4 is 9.64 Å². The van der Waals surface area contributed by atoms with Gasteiger partial charge in [0, 0.05) is 11.6 Å². The van der Waals surface area contributed by atoms with Gasteiger partial charge in [-0.15, -0.1) is 0 Å². The van der Waals surface area contributed by atoms with E-state index in [2.05, 4.69) is 0 Å². The first-order valence-electron chi connectivity index (χ1n) is 10.5. The van der Waals surface area contributed by atoms with Crippen molar-refractivity contribution in [2.24, 2.45) is 0 Å². The van der Waals surface area contributed by atoms with Gasteiger partial charge in [0.2, 0.25) is 0 Å². The SMILES string of the molecule is CC(C)Oc1cccc(/C(O)=C2\C(=O)C(=O)N(c3cc(F)ccc3F)C2c2ccc(O)cc2)c1. The van der Waals surface area contributed by atoms with Crippen molar-refractivity contribution in [1.29, 1.82) is 0 Å². The van der Waals surface area contributed by atoms with Crippen LogP contribution in [-0.4, -0.2) is 28.0 Å². The zero-order chi connectivity index (χ0) is 24.6. The maximum atomic E-state index is 14.7. The van der Waals surface area contributed by atoms with E-state index in [1.54, 1.807) is 12.1 Å². The number of aromatic hydroxyl groups is 1. The summed E-state index contributed by atoms with van der Waals surface area (Å²) < 4.78 is 34.3. The number of Topliss-reactive ketones (excluding diaryl/α,β-unsaturated/α-hetero) is 1. The molecule has 3 aromatic carbocycles. The Morgan fingerprint density at radius 2 is 1.71 bits per heavy atom. The highest BCUT2D eigenvalue weighted by molar-refractivity contribution is 6.51. The molecule has 1 amide bonds. The Balaban J connectivity index is 1.94. The molecule has 0 saturated carbocycles. The number of phenolic OH excluding ortho intramolecular Hbond substituents is 1. The number of aliphatic hydroxyl groups is 1. The monoisotopic (exact) mass is 465 g/mol. The van der Waals surface area contributed by atoms with Gasteiger partial charge in [-0.3, -0.25) is 14.5 Å². The number of carbonyl (C=O) groups is 2. The summed E-state index contributed by atoms with van der Waals surface area (Å²) in [5.41, 5.74) is -0.242. The Morgan fingerprint density at radius 1 is 1.00 bits per heavy atom. The molecule has 1 saturated heterocycles. The van der Waals surface area contributed by atoms with E-state index in [-0.39, 0.29) is 23.0 Å². The molecule has 1 atom stereocenters. The van der Waals surface area contributed by atoms with Gasteiger partial charge in [-0.25, -0.2) is 8.78 Å². The van der Waals surface area contributed by atoms with Gasteiger partial charge in [-0.05, 0) is 55.8 Å². The summed E-state index contributed by atoms with van der Waals surface area (Å²) in [5, 5.41) is 20.8. The second-order valence-corrected chi connectivity index (χ2v) is 8.05. The van der Waals surface area contributed by atoms with Crippen molar-refractivity contribution >= 4 is 23.1 Å². The molecule has 34 heavy (non-hydrogen) atoms. The number of hydrogen-bond acceptors (Lipinski definition) is 5. The number of amides is 1. The highest BCUT2D eigenvalue weighted by Crippen LogP contribution is 2.43. The number of hydrogen-bond donors (Lipinski definition) is 2. The molecule has 8 heteroatoms. The van der Waals surface area contributed by atoms with Crippen LogP contribution in [0.3, 0.4) is 0 Å². The number of anilines is 1. The van der Waals surface area contributed by atoms with Crippen LogP contribution in [0.15, 0.2) is 72.3 Å². The lowest BCUT2D eigenvalue weighted by atomic mass is 9.95. The first-order chi connectivity index (χ1) is 16.2. The lowest BCUT2D eigenvalue weighted by Crippen LogP contribution is -2.30. The molecule has 4 rings (SSSR count). The fraction of sp³-hybridized carbons (Fsp3) is 0.154. The smallest absolute Gasteiger partial charge is 0.300 e. The van der Waals surface area contributed by atoms with Crippen molar-refractivity contribution in [3.8, 4) is 11.5 Å². The first-order valence-corrected chi connectivity index (χ1v) is 10.5. The Kier molecular flexibility index (Phi) is 6.06. The molecule has 3 aromatic rings. The summed E-state index contributed by atoms with van der Waals surface area (Å²) in [5.74, 6) is -4.04. The summed E-state index contributed by atoms with van der Waals surface area (Å²) in [6, 6.07) is 13.1. The second-order valence-electron chi connectivity index (χ2n) is 8.05. The van der Waals surface area contributed by atoms with Gasteiger partial charge in [0.05, 0.1) is 23.4 Å². The zero-order valence-electron chi connectivity index (χ0n) is 18.3. The highest BCUT2D eigenvalue weighted by atomic mass is 19.1. The summed E-state index contributed by atoms with van der Waals surface area (Å²) in [6.07, 6.45) is -0.143. The minimum absolute atomic E-state index is 0.0730. The average Bonchev–Trinajstić information content (AvgIpc) is 3.05. The molecule has 0 spiro atoms. The van der Waals surface area contributed by atoms with Crippen LogP contribution >= 0.6 is 0 Å². The number of ketones is 1. The number of nitrogens with zero attached hydrogens (tertiary/aromatic N) is 1. The van der Waals surface area contributed by atoms with Gasteiger partial charge in [-0.1, -0.05) is 24.3 Å². The Morgan fingerprint density at radius 3 is 2.38 bits per heavy atom. The molecule has 174 valence electrons. The van der Waals surface area contributed by atoms with Crippen molar-refractivity contribution in [3.05, 3.63) is 95.1 Å². The first kappa shape index (κ1) is 23.0. The van der Waals surface area contributed by atoms with E-state index in [1.807, 2.05) is 13.8 Å². The van der Waals surface area contributed by atoms with Gasteiger partial charge in [0.25, 0.3) is 11.7 Å². The molecular weight excluding hydrogens is 444 g/mol. The standard InChI is InChI=1S/C26H21F2NO5/c1-14(2)34-19-5-3-4-16(12-19)24(31)22-23(15-6-9-18(30)10-7-15)29(26(33)25(22)32)21-13-17(27)8-11-20(21)28/h3-14,23,30-31H,1-2H3/b24-22+. The van der Waals surface area contributed by atoms with Crippen molar-refractivity contribution in [3.63, 3.8) is 0 Å². The van der Waals surface area contributed by atoms with Crippen molar-refractivity contribution in [2.45, 2.75) is 26.0 Å². The fourth-order valence-electron chi connectivity index (χ4n) is 3.87. The Bertz CT molecular complexity index is 1300. The number of carbonyl (C=O) groups excluding carboxylic acids is 2. The minimum atomic E-state index is -1.27. The van der Waals surface area contributed by atoms with E-state index >= 15 is 0 Å². The molecule has 0 radical (unpaired) electrons. The lowest BCUT2D eigenvalue weighted by Gasteiger charge is -2.26. The topological polar surface area (TPSA) is 87.1 Å². The predicted octanol–water partition coefficient (Wildman–Crippen LogP) is 5.08. The lowest BCUT2D eigenvalue weighted by molar-refractivity contribution is -0.132. The predicted molar refractivity (Wildman–Crippen MR) is 121 cm³/mol. The van der Waals surface area contributed by atoms with Crippen LogP contribution in [0, 0.1) is 11.6 Å². The van der Waals surface area contributed by atoms with Crippen LogP contribution in [0.25, 0.3) is 5.76 Å². The number of phenols is 1. The number of aliphatic hydroxyl groups excluding tert-OH is 1. The highest BCUT2D eigenvalue weighted by Gasteiger charge is 2.47. The van der Waals surface area contributed by atoms with Gasteiger partial charge in [0.1, 0.15) is 28.9 Å². The molecule has 1 aliphatic rings. The van der Waals surface area contributed by atoms with E-state index in [4.69, 9.17) is 4.74 Å². The van der Waals surface area contributed by atoms with E-state index in [0.29, 0.717) is 11.3 Å². The third kappa shape index (κ3) is 4.22. The summed E-state index contributed by atoms with van der Waals surface area (Å²) in [4.78, 5) is 27.0. The number of benzene rings is 3. The van der Waals surface area contributed by atoms with Gasteiger partial charge >= 0.3 is 0 Å². The molecule has 6 nitrogen and oxygen atoms in total. The molecule has 0 bridgehead atoms. The molecule has 1 heterocycles. The molecule has 2 N–H and O–H groups in total. The maximum absolute atomic E-state index is 14.7. The van der Waals surface area contributed by atoms with Crippen LogP contribution in [0.5, 0.6) is 11.5 Å². The van der Waals surface area contributed by atoms with E-state index < -0.39 is 40.8 Å². The van der Waals surface area contributed by atoms with Crippen molar-refractivity contribution in [1.82, 2.24) is 0 Å². The third-order valence-electron chi connectivity index (χ3n) is 5.30. The van der Waals surface area contributed by atoms with Crippen LogP contribution in [0.4, 0.5) is 14.5 Å². The summed E-state index contributed by atoms with van der Waals surface area (Å²) in [6.45, 7) is 3.66. The zero-order valence-corrected chi connectivity index (χ0v) is 18.3.